The van der Waals surface area contributed by atoms with E-state index in [-0.39, 0.29) is 4.21 Å². The van der Waals surface area contributed by atoms with Crippen molar-refractivity contribution in [1.82, 2.24) is 0 Å². The van der Waals surface area contributed by atoms with Gasteiger partial charge in [-0.2, -0.15) is 0 Å². The molecule has 0 bridgehead atoms. The van der Waals surface area contributed by atoms with Crippen molar-refractivity contribution in [2.24, 2.45) is 11.8 Å². The van der Waals surface area contributed by atoms with E-state index in [9.17, 15) is 0 Å². The predicted octanol–water partition coefficient (Wildman–Crippen LogP) is 4.00. The molecule has 1 fully saturated rings. The molecule has 1 saturated carbocycles. The average molecular weight is 213 g/mol. The van der Waals surface area contributed by atoms with Crippen LogP contribution in [0.25, 0.3) is 0 Å². The van der Waals surface area contributed by atoms with Gasteiger partial charge in [-0.3, -0.25) is 0 Å². The van der Waals surface area contributed by atoms with E-state index in [1.165, 1.54) is 4.90 Å². The van der Waals surface area contributed by atoms with Gasteiger partial charge >= 0.3 is 0 Å². The Morgan fingerprint density at radius 2 is 1.69 bits per heavy atom. The maximum atomic E-state index is 6.44. The number of rotatable bonds is 2. The highest BCUT2D eigenvalue weighted by Gasteiger charge is 2.58. The molecule has 0 N–H and O–H groups in total. The van der Waals surface area contributed by atoms with Crippen LogP contribution >= 0.6 is 23.4 Å². The number of alkyl halides is 1. The standard InChI is InChI=1S/C11H13ClS/c1-8-9(2)11(8,12)13-10-6-4-3-5-7-10/h3-9H,1-2H3/t8-,9+,11?. The summed E-state index contributed by atoms with van der Waals surface area (Å²) in [7, 11) is 0. The SMILES string of the molecule is C[C@@H]1[C@H](C)C1(Cl)Sc1ccccc1. The molecule has 0 heterocycles. The minimum absolute atomic E-state index is 0.0403. The molecule has 0 saturated heterocycles. The molecule has 0 aromatic heterocycles. The van der Waals surface area contributed by atoms with Crippen molar-refractivity contribution in [3.05, 3.63) is 30.3 Å². The molecule has 1 aromatic rings. The first-order valence-electron chi connectivity index (χ1n) is 4.57. The van der Waals surface area contributed by atoms with E-state index < -0.39 is 0 Å². The zero-order valence-corrected chi connectivity index (χ0v) is 9.40. The van der Waals surface area contributed by atoms with Gasteiger partial charge in [-0.05, 0) is 24.0 Å². The molecule has 0 aliphatic heterocycles. The molecular formula is C11H13ClS. The molecule has 1 aliphatic carbocycles. The van der Waals surface area contributed by atoms with E-state index in [1.54, 1.807) is 11.8 Å². The topological polar surface area (TPSA) is 0 Å². The van der Waals surface area contributed by atoms with E-state index in [2.05, 4.69) is 38.1 Å². The normalized spacial score (nSPS) is 37.5. The number of hydrogen-bond donors (Lipinski definition) is 0. The van der Waals surface area contributed by atoms with Gasteiger partial charge in [0.25, 0.3) is 0 Å². The summed E-state index contributed by atoms with van der Waals surface area (Å²) in [5.74, 6) is 1.25. The zero-order valence-electron chi connectivity index (χ0n) is 7.83. The van der Waals surface area contributed by atoms with Crippen LogP contribution in [0, 0.1) is 11.8 Å². The molecule has 2 heteroatoms. The Labute approximate surface area is 88.7 Å². The quantitative estimate of drug-likeness (QED) is 0.668. The third kappa shape index (κ3) is 1.60. The fourth-order valence-corrected chi connectivity index (χ4v) is 3.49. The van der Waals surface area contributed by atoms with Crippen LogP contribution in [-0.2, 0) is 0 Å². The van der Waals surface area contributed by atoms with Crippen molar-refractivity contribution in [3.8, 4) is 0 Å². The molecule has 1 unspecified atom stereocenters. The summed E-state index contributed by atoms with van der Waals surface area (Å²) in [6.45, 7) is 4.43. The Bertz CT molecular complexity index is 288. The second-order valence-electron chi connectivity index (χ2n) is 3.69. The number of benzene rings is 1. The van der Waals surface area contributed by atoms with Crippen molar-refractivity contribution in [3.63, 3.8) is 0 Å². The lowest BCUT2D eigenvalue weighted by molar-refractivity contribution is 0.834. The molecule has 1 aromatic carbocycles. The summed E-state index contributed by atoms with van der Waals surface area (Å²) in [5, 5.41) is 0. The first kappa shape index (κ1) is 9.42. The van der Waals surface area contributed by atoms with Crippen molar-refractivity contribution in [2.75, 3.05) is 0 Å². The van der Waals surface area contributed by atoms with Crippen LogP contribution < -0.4 is 0 Å². The summed E-state index contributed by atoms with van der Waals surface area (Å²) in [6.07, 6.45) is 0. The maximum Gasteiger partial charge on any atom is 0.1000 e. The Kier molecular flexibility index (Phi) is 2.33. The lowest BCUT2D eigenvalue weighted by Crippen LogP contribution is -1.94. The molecule has 0 amide bonds. The van der Waals surface area contributed by atoms with Gasteiger partial charge in [-0.15, -0.1) is 23.4 Å². The van der Waals surface area contributed by atoms with Crippen LogP contribution in [-0.4, -0.2) is 4.21 Å². The third-order valence-electron chi connectivity index (χ3n) is 2.90. The number of hydrogen-bond acceptors (Lipinski definition) is 1. The van der Waals surface area contributed by atoms with Gasteiger partial charge in [-0.1, -0.05) is 32.0 Å². The Hall–Kier alpha value is -0.140. The highest BCUT2D eigenvalue weighted by atomic mass is 35.5. The number of thioether (sulfide) groups is 1. The minimum atomic E-state index is -0.0403. The molecular weight excluding hydrogens is 200 g/mol. The minimum Gasteiger partial charge on any atom is -0.106 e. The van der Waals surface area contributed by atoms with Crippen LogP contribution in [0.3, 0.4) is 0 Å². The van der Waals surface area contributed by atoms with Crippen LogP contribution in [0.4, 0.5) is 0 Å². The van der Waals surface area contributed by atoms with E-state index in [0.29, 0.717) is 11.8 Å². The molecule has 3 atom stereocenters. The van der Waals surface area contributed by atoms with Gasteiger partial charge in [0.05, 0.1) is 4.21 Å². The van der Waals surface area contributed by atoms with Gasteiger partial charge in [0.1, 0.15) is 0 Å². The van der Waals surface area contributed by atoms with E-state index in [0.717, 1.165) is 0 Å². The Morgan fingerprint density at radius 3 is 2.15 bits per heavy atom. The first-order chi connectivity index (χ1) is 6.14. The maximum absolute atomic E-state index is 6.44. The van der Waals surface area contributed by atoms with Crippen molar-refractivity contribution in [2.45, 2.75) is 22.9 Å². The largest absolute Gasteiger partial charge is 0.106 e. The van der Waals surface area contributed by atoms with Gasteiger partial charge in [-0.25, -0.2) is 0 Å². The summed E-state index contributed by atoms with van der Waals surface area (Å²) >= 11 is 8.24. The molecule has 70 valence electrons. The third-order valence-corrected chi connectivity index (χ3v) is 5.38. The Morgan fingerprint density at radius 1 is 1.15 bits per heavy atom. The van der Waals surface area contributed by atoms with Gasteiger partial charge in [0, 0.05) is 4.90 Å². The molecule has 0 spiro atoms. The van der Waals surface area contributed by atoms with Crippen LogP contribution in [0.2, 0.25) is 0 Å². The van der Waals surface area contributed by atoms with Crippen LogP contribution in [0.1, 0.15) is 13.8 Å². The second-order valence-corrected chi connectivity index (χ2v) is 5.89. The van der Waals surface area contributed by atoms with Crippen LogP contribution in [0.5, 0.6) is 0 Å². The van der Waals surface area contributed by atoms with Crippen molar-refractivity contribution in [1.29, 1.82) is 0 Å². The van der Waals surface area contributed by atoms with Gasteiger partial charge in [0.15, 0.2) is 0 Å². The highest BCUT2D eigenvalue weighted by molar-refractivity contribution is 8.02. The summed E-state index contributed by atoms with van der Waals surface area (Å²) < 4.78 is -0.0403. The smallest absolute Gasteiger partial charge is 0.1000 e. The fourth-order valence-electron chi connectivity index (χ4n) is 1.54. The summed E-state index contributed by atoms with van der Waals surface area (Å²) in [4.78, 5) is 1.27. The van der Waals surface area contributed by atoms with Crippen molar-refractivity contribution >= 4 is 23.4 Å². The summed E-state index contributed by atoms with van der Waals surface area (Å²) in [6, 6.07) is 10.4. The number of halogens is 1. The summed E-state index contributed by atoms with van der Waals surface area (Å²) in [5.41, 5.74) is 0. The Balaban J connectivity index is 2.08. The lowest BCUT2D eigenvalue weighted by atomic mass is 10.4. The molecule has 2 rings (SSSR count). The highest BCUT2D eigenvalue weighted by Crippen LogP contribution is 2.64. The van der Waals surface area contributed by atoms with Gasteiger partial charge in [0.2, 0.25) is 0 Å². The first-order valence-corrected chi connectivity index (χ1v) is 5.77. The molecule has 13 heavy (non-hydrogen) atoms. The second kappa shape index (κ2) is 3.21. The molecule has 0 nitrogen and oxygen atoms in total. The van der Waals surface area contributed by atoms with Crippen molar-refractivity contribution < 1.29 is 0 Å². The van der Waals surface area contributed by atoms with Gasteiger partial charge < -0.3 is 0 Å². The molecule has 1 aliphatic rings. The van der Waals surface area contributed by atoms with Crippen LogP contribution in [0.15, 0.2) is 35.2 Å². The van der Waals surface area contributed by atoms with E-state index in [1.807, 2.05) is 6.07 Å². The lowest BCUT2D eigenvalue weighted by Gasteiger charge is -2.07. The predicted molar refractivity (Wildman–Crippen MR) is 59.2 cm³/mol. The van der Waals surface area contributed by atoms with E-state index >= 15 is 0 Å². The molecule has 0 radical (unpaired) electrons. The van der Waals surface area contributed by atoms with E-state index in [4.69, 9.17) is 11.6 Å². The monoisotopic (exact) mass is 212 g/mol. The fraction of sp³-hybridized carbons (Fsp3) is 0.455. The zero-order chi connectivity index (χ0) is 9.47. The average Bonchev–Trinajstić information content (AvgIpc) is 2.58.